The normalized spacial score (nSPS) is 9.54. The standard InChI is InChI=1S/C10H7N3/c11-13-7-10-9-4-2-1-3-8(9)5-6-12-10/h1-7H. The maximum atomic E-state index is 8.41. The fraction of sp³-hybridized carbons (Fsp3) is 0. The van der Waals surface area contributed by atoms with Crippen molar-refractivity contribution in [3.63, 3.8) is 0 Å². The van der Waals surface area contributed by atoms with Crippen LogP contribution in [0.3, 0.4) is 0 Å². The van der Waals surface area contributed by atoms with E-state index in [9.17, 15) is 0 Å². The van der Waals surface area contributed by atoms with Crippen LogP contribution in [0.5, 0.6) is 0 Å². The summed E-state index contributed by atoms with van der Waals surface area (Å²) in [6.45, 7) is 0. The van der Waals surface area contributed by atoms with Gasteiger partial charge in [-0.25, -0.2) is 4.98 Å². The number of rotatable bonds is 1. The number of nitrogens with zero attached hydrogens (tertiary/aromatic N) is 3. The predicted molar refractivity (Wildman–Crippen MR) is 50.5 cm³/mol. The third-order valence-electron chi connectivity index (χ3n) is 1.88. The highest BCUT2D eigenvalue weighted by molar-refractivity contribution is 5.95. The molecule has 0 aliphatic heterocycles. The van der Waals surface area contributed by atoms with E-state index in [1.54, 1.807) is 6.20 Å². The van der Waals surface area contributed by atoms with Gasteiger partial charge < -0.3 is 5.53 Å². The van der Waals surface area contributed by atoms with E-state index < -0.39 is 0 Å². The summed E-state index contributed by atoms with van der Waals surface area (Å²) in [5.74, 6) is 0. The van der Waals surface area contributed by atoms with Gasteiger partial charge in [-0.2, -0.15) is 4.79 Å². The van der Waals surface area contributed by atoms with Crippen molar-refractivity contribution in [1.82, 2.24) is 4.98 Å². The largest absolute Gasteiger partial charge is 0.361 e. The van der Waals surface area contributed by atoms with Crippen LogP contribution in [0.2, 0.25) is 0 Å². The summed E-state index contributed by atoms with van der Waals surface area (Å²) in [4.78, 5) is 7.06. The SMILES string of the molecule is [N-]=[N+]=Cc1nccc2ccccc12. The highest BCUT2D eigenvalue weighted by atomic mass is 14.8. The first kappa shape index (κ1) is 7.65. The summed E-state index contributed by atoms with van der Waals surface area (Å²) >= 11 is 0. The van der Waals surface area contributed by atoms with Crippen LogP contribution in [0.15, 0.2) is 36.5 Å². The molecule has 2 rings (SSSR count). The van der Waals surface area contributed by atoms with Gasteiger partial charge in [0.1, 0.15) is 0 Å². The highest BCUT2D eigenvalue weighted by Crippen LogP contribution is 2.13. The molecule has 0 saturated heterocycles. The van der Waals surface area contributed by atoms with Gasteiger partial charge in [0.25, 0.3) is 0 Å². The second-order valence-electron chi connectivity index (χ2n) is 2.66. The van der Waals surface area contributed by atoms with Gasteiger partial charge in [0, 0.05) is 11.6 Å². The zero-order chi connectivity index (χ0) is 9.10. The summed E-state index contributed by atoms with van der Waals surface area (Å²) in [5.41, 5.74) is 9.09. The Morgan fingerprint density at radius 2 is 2.08 bits per heavy atom. The second kappa shape index (κ2) is 3.17. The van der Waals surface area contributed by atoms with E-state index in [1.165, 1.54) is 6.21 Å². The minimum atomic E-state index is 0.681. The molecule has 0 saturated carbocycles. The molecule has 0 radical (unpaired) electrons. The molecule has 0 fully saturated rings. The van der Waals surface area contributed by atoms with Crippen molar-refractivity contribution in [3.8, 4) is 0 Å². The van der Waals surface area contributed by atoms with Crippen LogP contribution in [-0.4, -0.2) is 16.0 Å². The molecular formula is C10H7N3. The van der Waals surface area contributed by atoms with Crippen LogP contribution < -0.4 is 0 Å². The number of fused-ring (bicyclic) bond motifs is 1. The molecule has 0 aliphatic rings. The second-order valence-corrected chi connectivity index (χ2v) is 2.66. The van der Waals surface area contributed by atoms with Crippen LogP contribution in [0.4, 0.5) is 0 Å². The van der Waals surface area contributed by atoms with E-state index in [1.807, 2.05) is 30.3 Å². The minimum Gasteiger partial charge on any atom is -0.361 e. The lowest BCUT2D eigenvalue weighted by Crippen LogP contribution is -1.88. The van der Waals surface area contributed by atoms with Crippen LogP contribution in [0.25, 0.3) is 16.3 Å². The van der Waals surface area contributed by atoms with Crippen molar-refractivity contribution in [2.24, 2.45) is 0 Å². The molecule has 2 aromatic rings. The molecule has 0 amide bonds. The monoisotopic (exact) mass is 169 g/mol. The van der Waals surface area contributed by atoms with Gasteiger partial charge in [0.2, 0.25) is 0 Å². The lowest BCUT2D eigenvalue weighted by Gasteiger charge is -1.96. The van der Waals surface area contributed by atoms with Gasteiger partial charge >= 0.3 is 6.21 Å². The van der Waals surface area contributed by atoms with E-state index in [0.717, 1.165) is 10.8 Å². The van der Waals surface area contributed by atoms with Gasteiger partial charge in [-0.15, -0.1) is 0 Å². The van der Waals surface area contributed by atoms with Crippen molar-refractivity contribution in [2.75, 3.05) is 0 Å². The van der Waals surface area contributed by atoms with Crippen molar-refractivity contribution in [1.29, 1.82) is 0 Å². The molecule has 3 heteroatoms. The lowest BCUT2D eigenvalue weighted by molar-refractivity contribution is 0.00438. The zero-order valence-electron chi connectivity index (χ0n) is 6.88. The molecule has 0 bridgehead atoms. The van der Waals surface area contributed by atoms with E-state index in [-0.39, 0.29) is 0 Å². The fourth-order valence-electron chi connectivity index (χ4n) is 1.30. The van der Waals surface area contributed by atoms with Crippen LogP contribution in [0, 0.1) is 0 Å². The summed E-state index contributed by atoms with van der Waals surface area (Å²) in [7, 11) is 0. The van der Waals surface area contributed by atoms with Crippen molar-refractivity contribution >= 4 is 17.0 Å². The number of pyridine rings is 1. The molecule has 62 valence electrons. The van der Waals surface area contributed by atoms with E-state index in [4.69, 9.17) is 5.53 Å². The van der Waals surface area contributed by atoms with Crippen molar-refractivity contribution < 1.29 is 4.79 Å². The molecule has 3 nitrogen and oxygen atoms in total. The molecule has 0 atom stereocenters. The maximum Gasteiger partial charge on any atom is 0.306 e. The third kappa shape index (κ3) is 1.33. The number of hydrogen-bond acceptors (Lipinski definition) is 1. The Hall–Kier alpha value is -1.99. The van der Waals surface area contributed by atoms with Crippen LogP contribution in [0.1, 0.15) is 5.69 Å². The Morgan fingerprint density at radius 1 is 1.23 bits per heavy atom. The first-order valence-electron chi connectivity index (χ1n) is 3.93. The fourth-order valence-corrected chi connectivity index (χ4v) is 1.30. The Kier molecular flexibility index (Phi) is 1.87. The molecule has 0 aliphatic carbocycles. The molecule has 0 N–H and O–H groups in total. The Morgan fingerprint density at radius 3 is 2.92 bits per heavy atom. The Labute approximate surface area is 75.3 Å². The summed E-state index contributed by atoms with van der Waals surface area (Å²) in [5, 5.41) is 2.08. The van der Waals surface area contributed by atoms with Crippen molar-refractivity contribution in [3.05, 3.63) is 47.8 Å². The number of hydrogen-bond donors (Lipinski definition) is 0. The first-order valence-corrected chi connectivity index (χ1v) is 3.93. The summed E-state index contributed by atoms with van der Waals surface area (Å²) in [6.07, 6.45) is 3.03. The third-order valence-corrected chi connectivity index (χ3v) is 1.88. The predicted octanol–water partition coefficient (Wildman–Crippen LogP) is 1.88. The van der Waals surface area contributed by atoms with Gasteiger partial charge in [0.05, 0.1) is 0 Å². The zero-order valence-corrected chi connectivity index (χ0v) is 6.88. The maximum absolute atomic E-state index is 8.41. The topological polar surface area (TPSA) is 49.3 Å². The van der Waals surface area contributed by atoms with Gasteiger partial charge in [0.15, 0.2) is 5.69 Å². The molecule has 0 unspecified atom stereocenters. The molecular weight excluding hydrogens is 162 g/mol. The smallest absolute Gasteiger partial charge is 0.306 e. The van der Waals surface area contributed by atoms with E-state index in [0.29, 0.717) is 5.69 Å². The van der Waals surface area contributed by atoms with Gasteiger partial charge in [-0.05, 0) is 11.5 Å². The summed E-state index contributed by atoms with van der Waals surface area (Å²) in [6, 6.07) is 9.75. The van der Waals surface area contributed by atoms with Crippen LogP contribution >= 0.6 is 0 Å². The quantitative estimate of drug-likeness (QED) is 0.365. The lowest BCUT2D eigenvalue weighted by atomic mass is 10.1. The van der Waals surface area contributed by atoms with E-state index >= 15 is 0 Å². The Bertz CT molecular complexity index is 479. The minimum absolute atomic E-state index is 0.681. The summed E-state index contributed by atoms with van der Waals surface area (Å²) < 4.78 is 0. The van der Waals surface area contributed by atoms with Crippen LogP contribution in [-0.2, 0) is 0 Å². The van der Waals surface area contributed by atoms with E-state index in [2.05, 4.69) is 9.77 Å². The number of benzene rings is 1. The molecule has 1 aromatic heterocycles. The Balaban J connectivity index is 2.82. The molecule has 1 heterocycles. The highest BCUT2D eigenvalue weighted by Gasteiger charge is 2.00. The molecule has 0 spiro atoms. The average Bonchev–Trinajstić information content (AvgIpc) is 2.19. The van der Waals surface area contributed by atoms with Gasteiger partial charge in [-0.3, -0.25) is 0 Å². The molecule has 13 heavy (non-hydrogen) atoms. The van der Waals surface area contributed by atoms with Crippen molar-refractivity contribution in [2.45, 2.75) is 0 Å². The first-order chi connectivity index (χ1) is 6.42. The molecule has 1 aromatic carbocycles. The number of aromatic nitrogens is 1. The van der Waals surface area contributed by atoms with Gasteiger partial charge in [-0.1, -0.05) is 24.3 Å². The average molecular weight is 169 g/mol.